The molecule has 1 N–H and O–H groups in total. The van der Waals surface area contributed by atoms with Crippen molar-refractivity contribution in [1.82, 2.24) is 9.88 Å². The molecule has 8 heteroatoms. The van der Waals surface area contributed by atoms with Crippen molar-refractivity contribution in [3.8, 4) is 0 Å². The molecule has 1 saturated heterocycles. The maximum Gasteiger partial charge on any atom is 0.257 e. The normalized spacial score (nSPS) is 19.6. The van der Waals surface area contributed by atoms with E-state index < -0.39 is 5.91 Å². The second-order valence-electron chi connectivity index (χ2n) is 6.46. The summed E-state index contributed by atoms with van der Waals surface area (Å²) in [6.07, 6.45) is 1.25. The highest BCUT2D eigenvalue weighted by Gasteiger charge is 2.28. The van der Waals surface area contributed by atoms with Crippen LogP contribution < -0.4 is 5.32 Å². The highest BCUT2D eigenvalue weighted by atomic mass is 35.5. The summed E-state index contributed by atoms with van der Waals surface area (Å²) in [5.41, 5.74) is 1.09. The largest absolute Gasteiger partial charge is 0.372 e. The Kier molecular flexibility index (Phi) is 5.99. The maximum atomic E-state index is 13.0. The Labute approximate surface area is 167 Å². The van der Waals surface area contributed by atoms with Crippen LogP contribution in [-0.2, 0) is 4.74 Å². The summed E-state index contributed by atoms with van der Waals surface area (Å²) in [6, 6.07) is 8.32. The van der Waals surface area contributed by atoms with Crippen LogP contribution in [0.3, 0.4) is 0 Å². The zero-order valence-corrected chi connectivity index (χ0v) is 16.4. The first-order valence-corrected chi connectivity index (χ1v) is 9.27. The van der Waals surface area contributed by atoms with E-state index in [0.717, 1.165) is 0 Å². The van der Waals surface area contributed by atoms with Crippen LogP contribution in [-0.4, -0.2) is 47.0 Å². The Hall–Kier alpha value is -2.15. The molecule has 1 fully saturated rings. The number of hydrogen-bond acceptors (Lipinski definition) is 4. The van der Waals surface area contributed by atoms with Crippen molar-refractivity contribution in [1.29, 1.82) is 0 Å². The lowest BCUT2D eigenvalue weighted by Gasteiger charge is -2.35. The summed E-state index contributed by atoms with van der Waals surface area (Å²) in [5, 5.41) is 3.07. The molecule has 27 heavy (non-hydrogen) atoms. The number of morpholine rings is 1. The minimum Gasteiger partial charge on any atom is -0.372 e. The number of nitrogens with one attached hydrogen (secondary N) is 1. The number of anilines is 1. The van der Waals surface area contributed by atoms with Crippen LogP contribution in [0.15, 0.2) is 36.5 Å². The fraction of sp³-hybridized carbons (Fsp3) is 0.316. The minimum absolute atomic E-state index is 0.0401. The third kappa shape index (κ3) is 4.58. The SMILES string of the molecule is CC1CN(C(=O)c2ccccc2NC(=O)c2cnc(Cl)c(Cl)c2)CC(C)O1. The Bertz CT molecular complexity index is 865. The second kappa shape index (κ2) is 8.25. The smallest absolute Gasteiger partial charge is 0.257 e. The molecule has 6 nitrogen and oxygen atoms in total. The van der Waals surface area contributed by atoms with Crippen LogP contribution in [0.4, 0.5) is 5.69 Å². The number of halogens is 2. The van der Waals surface area contributed by atoms with Crippen molar-refractivity contribution in [2.75, 3.05) is 18.4 Å². The molecule has 2 heterocycles. The lowest BCUT2D eigenvalue weighted by atomic mass is 10.1. The average Bonchev–Trinajstić information content (AvgIpc) is 2.63. The van der Waals surface area contributed by atoms with E-state index >= 15 is 0 Å². The van der Waals surface area contributed by atoms with Gasteiger partial charge in [0.2, 0.25) is 0 Å². The van der Waals surface area contributed by atoms with Gasteiger partial charge in [0.05, 0.1) is 34.0 Å². The van der Waals surface area contributed by atoms with Gasteiger partial charge in [-0.3, -0.25) is 9.59 Å². The van der Waals surface area contributed by atoms with E-state index in [9.17, 15) is 9.59 Å². The number of aromatic nitrogens is 1. The predicted octanol–water partition coefficient (Wildman–Crippen LogP) is 3.89. The molecule has 2 amide bonds. The number of pyridine rings is 1. The highest BCUT2D eigenvalue weighted by molar-refractivity contribution is 6.41. The molecule has 0 aliphatic carbocycles. The van der Waals surface area contributed by atoms with E-state index in [1.807, 2.05) is 13.8 Å². The van der Waals surface area contributed by atoms with E-state index in [0.29, 0.717) is 24.3 Å². The molecule has 0 bridgehead atoms. The Morgan fingerprint density at radius 3 is 2.52 bits per heavy atom. The zero-order valence-electron chi connectivity index (χ0n) is 14.9. The maximum absolute atomic E-state index is 13.0. The van der Waals surface area contributed by atoms with Gasteiger partial charge in [0.15, 0.2) is 0 Å². The lowest BCUT2D eigenvalue weighted by Crippen LogP contribution is -2.48. The fourth-order valence-corrected chi connectivity index (χ4v) is 3.30. The lowest BCUT2D eigenvalue weighted by molar-refractivity contribution is -0.0585. The highest BCUT2D eigenvalue weighted by Crippen LogP contribution is 2.23. The molecule has 1 aliphatic rings. The van der Waals surface area contributed by atoms with Crippen molar-refractivity contribution >= 4 is 40.7 Å². The topological polar surface area (TPSA) is 71.5 Å². The van der Waals surface area contributed by atoms with Gasteiger partial charge in [-0.2, -0.15) is 0 Å². The molecular formula is C19H19Cl2N3O3. The van der Waals surface area contributed by atoms with Gasteiger partial charge in [0.1, 0.15) is 5.15 Å². The number of carbonyl (C=O) groups is 2. The summed E-state index contributed by atoms with van der Waals surface area (Å²) in [4.78, 5) is 31.1. The Morgan fingerprint density at radius 2 is 1.85 bits per heavy atom. The molecule has 0 saturated carbocycles. The van der Waals surface area contributed by atoms with Gasteiger partial charge in [-0.1, -0.05) is 35.3 Å². The van der Waals surface area contributed by atoms with E-state index in [-0.39, 0.29) is 33.9 Å². The third-order valence-electron chi connectivity index (χ3n) is 4.17. The van der Waals surface area contributed by atoms with Crippen molar-refractivity contribution in [2.45, 2.75) is 26.1 Å². The van der Waals surface area contributed by atoms with Gasteiger partial charge in [-0.15, -0.1) is 0 Å². The van der Waals surface area contributed by atoms with Crippen LogP contribution in [0.1, 0.15) is 34.6 Å². The van der Waals surface area contributed by atoms with E-state index in [2.05, 4.69) is 10.3 Å². The number of amides is 2. The van der Waals surface area contributed by atoms with Crippen LogP contribution >= 0.6 is 23.2 Å². The fourth-order valence-electron chi connectivity index (χ4n) is 3.03. The van der Waals surface area contributed by atoms with Crippen molar-refractivity contribution in [3.63, 3.8) is 0 Å². The molecule has 1 aromatic carbocycles. The van der Waals surface area contributed by atoms with Crippen molar-refractivity contribution < 1.29 is 14.3 Å². The second-order valence-corrected chi connectivity index (χ2v) is 7.23. The third-order valence-corrected chi connectivity index (χ3v) is 4.86. The van der Waals surface area contributed by atoms with Crippen molar-refractivity contribution in [2.24, 2.45) is 0 Å². The summed E-state index contributed by atoms with van der Waals surface area (Å²) in [5.74, 6) is -0.579. The van der Waals surface area contributed by atoms with Gasteiger partial charge < -0.3 is 15.0 Å². The van der Waals surface area contributed by atoms with Crippen LogP contribution in [0.25, 0.3) is 0 Å². The number of para-hydroxylation sites is 1. The molecule has 142 valence electrons. The molecular weight excluding hydrogens is 389 g/mol. The van der Waals surface area contributed by atoms with Gasteiger partial charge in [-0.05, 0) is 32.0 Å². The van der Waals surface area contributed by atoms with Gasteiger partial charge in [0, 0.05) is 19.3 Å². The molecule has 2 atom stereocenters. The molecule has 3 rings (SSSR count). The van der Waals surface area contributed by atoms with E-state index in [1.54, 1.807) is 29.2 Å². The summed E-state index contributed by atoms with van der Waals surface area (Å²) >= 11 is 11.7. The number of carbonyl (C=O) groups excluding carboxylic acids is 2. The van der Waals surface area contributed by atoms with Gasteiger partial charge in [0.25, 0.3) is 11.8 Å². The predicted molar refractivity (Wildman–Crippen MR) is 105 cm³/mol. The summed E-state index contributed by atoms with van der Waals surface area (Å²) < 4.78 is 5.68. The first-order valence-electron chi connectivity index (χ1n) is 8.51. The van der Waals surface area contributed by atoms with Gasteiger partial charge >= 0.3 is 0 Å². The summed E-state index contributed by atoms with van der Waals surface area (Å²) in [7, 11) is 0. The molecule has 2 unspecified atom stereocenters. The van der Waals surface area contributed by atoms with Crippen LogP contribution in [0.2, 0.25) is 10.2 Å². The molecule has 0 spiro atoms. The molecule has 1 aromatic heterocycles. The quantitative estimate of drug-likeness (QED) is 0.783. The summed E-state index contributed by atoms with van der Waals surface area (Å²) in [6.45, 7) is 4.87. The first kappa shape index (κ1) is 19.6. The average molecular weight is 408 g/mol. The number of ether oxygens (including phenoxy) is 1. The van der Waals surface area contributed by atoms with E-state index in [1.165, 1.54) is 12.3 Å². The number of nitrogens with zero attached hydrogens (tertiary/aromatic N) is 2. The first-order chi connectivity index (χ1) is 12.8. The molecule has 0 radical (unpaired) electrons. The minimum atomic E-state index is -0.426. The van der Waals surface area contributed by atoms with Crippen LogP contribution in [0, 0.1) is 0 Å². The number of rotatable bonds is 3. The van der Waals surface area contributed by atoms with E-state index in [4.69, 9.17) is 27.9 Å². The monoisotopic (exact) mass is 407 g/mol. The van der Waals surface area contributed by atoms with Gasteiger partial charge in [-0.25, -0.2) is 4.98 Å². The zero-order chi connectivity index (χ0) is 19.6. The Morgan fingerprint density at radius 1 is 1.19 bits per heavy atom. The Balaban J connectivity index is 1.82. The van der Waals surface area contributed by atoms with Crippen molar-refractivity contribution in [3.05, 3.63) is 57.8 Å². The number of hydrogen-bond donors (Lipinski definition) is 1. The molecule has 2 aromatic rings. The molecule has 1 aliphatic heterocycles. The standard InChI is InChI=1S/C19H19Cl2N3O3/c1-11-9-24(10-12(2)27-11)19(26)14-5-3-4-6-16(14)23-18(25)13-7-15(20)17(21)22-8-13/h3-8,11-12H,9-10H2,1-2H3,(H,23,25). The number of benzene rings is 1. The van der Waals surface area contributed by atoms with Crippen LogP contribution in [0.5, 0.6) is 0 Å².